The summed E-state index contributed by atoms with van der Waals surface area (Å²) >= 11 is 0. The number of benzene rings is 1. The van der Waals surface area contributed by atoms with E-state index in [0.29, 0.717) is 24.7 Å². The third-order valence-electron chi connectivity index (χ3n) is 2.83. The highest BCUT2D eigenvalue weighted by Crippen LogP contribution is 2.28. The third-order valence-corrected chi connectivity index (χ3v) is 4.50. The molecule has 114 valence electrons. The zero-order chi connectivity index (χ0) is 15.0. The number of sulfone groups is 1. The van der Waals surface area contributed by atoms with Gasteiger partial charge in [-0.1, -0.05) is 13.0 Å². The van der Waals surface area contributed by atoms with Crippen LogP contribution in [-0.2, 0) is 16.3 Å². The molecule has 1 aromatic carbocycles. The Hall–Kier alpha value is -1.27. The van der Waals surface area contributed by atoms with E-state index >= 15 is 0 Å². The average molecular weight is 301 g/mol. The molecule has 2 N–H and O–H groups in total. The molecule has 1 rings (SSSR count). The van der Waals surface area contributed by atoms with Crippen molar-refractivity contribution in [2.75, 3.05) is 31.3 Å². The van der Waals surface area contributed by atoms with E-state index in [1.807, 2.05) is 19.1 Å². The molecule has 0 fully saturated rings. The standard InChI is InChI=1S/C14H23NO4S/c1-3-18-14-11-12(7-8-15)5-6-13(14)19-9-10-20(16,17)4-2/h5-6,11H,3-4,7-10,15H2,1-2H3. The van der Waals surface area contributed by atoms with Crippen LogP contribution in [0.3, 0.4) is 0 Å². The van der Waals surface area contributed by atoms with Gasteiger partial charge >= 0.3 is 0 Å². The Bertz CT molecular complexity index is 514. The Balaban J connectivity index is 2.73. The van der Waals surface area contributed by atoms with Crippen molar-refractivity contribution in [3.63, 3.8) is 0 Å². The van der Waals surface area contributed by atoms with Gasteiger partial charge < -0.3 is 15.2 Å². The lowest BCUT2D eigenvalue weighted by molar-refractivity contribution is 0.288. The number of ether oxygens (including phenoxy) is 2. The molecule has 0 heterocycles. The fourth-order valence-electron chi connectivity index (χ4n) is 1.69. The monoisotopic (exact) mass is 301 g/mol. The topological polar surface area (TPSA) is 78.6 Å². The van der Waals surface area contributed by atoms with Crippen LogP contribution in [0.1, 0.15) is 19.4 Å². The molecule has 0 unspecified atom stereocenters. The van der Waals surface area contributed by atoms with Crippen molar-refractivity contribution in [3.05, 3.63) is 23.8 Å². The van der Waals surface area contributed by atoms with E-state index < -0.39 is 9.84 Å². The normalized spacial score (nSPS) is 11.3. The molecule has 1 aromatic rings. The van der Waals surface area contributed by atoms with Gasteiger partial charge in [0.05, 0.1) is 12.4 Å². The van der Waals surface area contributed by atoms with E-state index in [0.717, 1.165) is 12.0 Å². The quantitative estimate of drug-likeness (QED) is 0.746. The van der Waals surface area contributed by atoms with Crippen LogP contribution in [0, 0.1) is 0 Å². The maximum atomic E-state index is 11.4. The lowest BCUT2D eigenvalue weighted by Crippen LogP contribution is -2.16. The molecule has 5 nitrogen and oxygen atoms in total. The lowest BCUT2D eigenvalue weighted by Gasteiger charge is -2.13. The van der Waals surface area contributed by atoms with Crippen LogP contribution >= 0.6 is 0 Å². The Kier molecular flexibility index (Phi) is 6.81. The Morgan fingerprint density at radius 1 is 1.15 bits per heavy atom. The van der Waals surface area contributed by atoms with Crippen LogP contribution in [0.2, 0.25) is 0 Å². The molecular formula is C14H23NO4S. The van der Waals surface area contributed by atoms with Gasteiger partial charge in [0.1, 0.15) is 6.61 Å². The Morgan fingerprint density at radius 3 is 2.50 bits per heavy atom. The lowest BCUT2D eigenvalue weighted by atomic mass is 10.1. The summed E-state index contributed by atoms with van der Waals surface area (Å²) in [6.45, 7) is 4.74. The van der Waals surface area contributed by atoms with Crippen LogP contribution in [0.5, 0.6) is 11.5 Å². The van der Waals surface area contributed by atoms with Crippen molar-refractivity contribution in [3.8, 4) is 11.5 Å². The van der Waals surface area contributed by atoms with E-state index in [4.69, 9.17) is 15.2 Å². The fraction of sp³-hybridized carbons (Fsp3) is 0.571. The molecule has 0 amide bonds. The van der Waals surface area contributed by atoms with Crippen molar-refractivity contribution in [2.24, 2.45) is 5.73 Å². The van der Waals surface area contributed by atoms with E-state index in [2.05, 4.69) is 0 Å². The number of hydrogen-bond donors (Lipinski definition) is 1. The number of hydrogen-bond acceptors (Lipinski definition) is 5. The van der Waals surface area contributed by atoms with Crippen LogP contribution in [0.15, 0.2) is 18.2 Å². The smallest absolute Gasteiger partial charge is 0.161 e. The Morgan fingerprint density at radius 2 is 1.90 bits per heavy atom. The van der Waals surface area contributed by atoms with Gasteiger partial charge in [0.15, 0.2) is 21.3 Å². The maximum absolute atomic E-state index is 11.4. The molecule has 6 heteroatoms. The first-order valence-electron chi connectivity index (χ1n) is 6.81. The zero-order valence-corrected chi connectivity index (χ0v) is 12.9. The van der Waals surface area contributed by atoms with E-state index in [-0.39, 0.29) is 18.1 Å². The number of rotatable bonds is 9. The van der Waals surface area contributed by atoms with E-state index in [1.54, 1.807) is 13.0 Å². The second kappa shape index (κ2) is 8.11. The number of nitrogens with two attached hydrogens (primary N) is 1. The third kappa shape index (κ3) is 5.38. The highest BCUT2D eigenvalue weighted by atomic mass is 32.2. The zero-order valence-electron chi connectivity index (χ0n) is 12.1. The largest absolute Gasteiger partial charge is 0.490 e. The SMILES string of the molecule is CCOc1cc(CCN)ccc1OCCS(=O)(=O)CC. The summed E-state index contributed by atoms with van der Waals surface area (Å²) in [5.41, 5.74) is 6.60. The maximum Gasteiger partial charge on any atom is 0.161 e. The molecule has 0 saturated heterocycles. The summed E-state index contributed by atoms with van der Waals surface area (Å²) in [7, 11) is -3.01. The highest BCUT2D eigenvalue weighted by Gasteiger charge is 2.10. The molecule has 0 radical (unpaired) electrons. The average Bonchev–Trinajstić information content (AvgIpc) is 2.42. The van der Waals surface area contributed by atoms with Crippen molar-refractivity contribution >= 4 is 9.84 Å². The highest BCUT2D eigenvalue weighted by molar-refractivity contribution is 7.91. The van der Waals surface area contributed by atoms with Gasteiger partial charge in [-0.25, -0.2) is 8.42 Å². The van der Waals surface area contributed by atoms with Crippen molar-refractivity contribution in [1.82, 2.24) is 0 Å². The van der Waals surface area contributed by atoms with Gasteiger partial charge in [0.2, 0.25) is 0 Å². The summed E-state index contributed by atoms with van der Waals surface area (Å²) < 4.78 is 33.9. The first-order chi connectivity index (χ1) is 9.52. The molecule has 20 heavy (non-hydrogen) atoms. The molecule has 0 spiro atoms. The predicted octanol–water partition coefficient (Wildman–Crippen LogP) is 1.40. The molecule has 0 aliphatic heterocycles. The second-order valence-electron chi connectivity index (χ2n) is 4.34. The molecule has 0 aromatic heterocycles. The second-order valence-corrected chi connectivity index (χ2v) is 6.81. The van der Waals surface area contributed by atoms with Crippen LogP contribution in [-0.4, -0.2) is 39.7 Å². The molecule has 0 aliphatic carbocycles. The minimum absolute atomic E-state index is 0.0135. The van der Waals surface area contributed by atoms with Crippen molar-refractivity contribution in [1.29, 1.82) is 0 Å². The van der Waals surface area contributed by atoms with Crippen molar-refractivity contribution < 1.29 is 17.9 Å². The van der Waals surface area contributed by atoms with Crippen molar-refractivity contribution in [2.45, 2.75) is 20.3 Å². The summed E-state index contributed by atoms with van der Waals surface area (Å²) in [5, 5.41) is 0. The van der Waals surface area contributed by atoms with Gasteiger partial charge in [-0.05, 0) is 37.6 Å². The van der Waals surface area contributed by atoms with Crippen LogP contribution in [0.25, 0.3) is 0 Å². The summed E-state index contributed by atoms with van der Waals surface area (Å²) in [4.78, 5) is 0. The predicted molar refractivity (Wildman–Crippen MR) is 80.2 cm³/mol. The van der Waals surface area contributed by atoms with Crippen LogP contribution in [0.4, 0.5) is 0 Å². The minimum atomic E-state index is -3.01. The molecule has 0 aliphatic rings. The minimum Gasteiger partial charge on any atom is -0.490 e. The Labute approximate surface area is 121 Å². The molecule has 0 bridgehead atoms. The van der Waals surface area contributed by atoms with Gasteiger partial charge in [-0.2, -0.15) is 0 Å². The summed E-state index contributed by atoms with van der Waals surface area (Å²) in [5.74, 6) is 1.34. The molecular weight excluding hydrogens is 278 g/mol. The van der Waals surface area contributed by atoms with E-state index in [9.17, 15) is 8.42 Å². The van der Waals surface area contributed by atoms with Crippen LogP contribution < -0.4 is 15.2 Å². The summed E-state index contributed by atoms with van der Waals surface area (Å²) in [6.07, 6.45) is 0.768. The van der Waals surface area contributed by atoms with Gasteiger partial charge in [-0.3, -0.25) is 0 Å². The van der Waals surface area contributed by atoms with E-state index in [1.165, 1.54) is 0 Å². The van der Waals surface area contributed by atoms with Gasteiger partial charge in [-0.15, -0.1) is 0 Å². The van der Waals surface area contributed by atoms with Gasteiger partial charge in [0, 0.05) is 5.75 Å². The molecule has 0 saturated carbocycles. The first-order valence-corrected chi connectivity index (χ1v) is 8.63. The molecule has 0 atom stereocenters. The van der Waals surface area contributed by atoms with Gasteiger partial charge in [0.25, 0.3) is 0 Å². The fourth-order valence-corrected chi connectivity index (χ4v) is 2.31. The summed E-state index contributed by atoms with van der Waals surface area (Å²) in [6, 6.07) is 5.60. The first kappa shape index (κ1) is 16.8.